The standard InChI is InChI=1S/C27H31ClF3N3O4Si/c1-17-11-24(37-16-38-26(35)18-5-6-18)32-13-21(17)19-7-8-20(22(28)12-19)25-33-23(27(29,30)31)14-34(25)15-36-9-10-39(2,3)4/h7-8,11-14,18H,5-6,9-10,15-16H2,1-4H3. The monoisotopic (exact) mass is 581 g/mol. The van der Waals surface area contributed by atoms with E-state index in [1.165, 1.54) is 4.57 Å². The summed E-state index contributed by atoms with van der Waals surface area (Å²) in [5, 5.41) is 0.238. The molecule has 12 heteroatoms. The zero-order valence-corrected chi connectivity index (χ0v) is 24.0. The third-order valence-corrected chi connectivity index (χ3v) is 8.24. The number of aromatic nitrogens is 3. The summed E-state index contributed by atoms with van der Waals surface area (Å²) in [6, 6.07) is 7.66. The van der Waals surface area contributed by atoms with E-state index in [2.05, 4.69) is 29.6 Å². The van der Waals surface area contributed by atoms with Crippen molar-refractivity contribution < 1.29 is 32.2 Å². The van der Waals surface area contributed by atoms with Crippen LogP contribution in [0.2, 0.25) is 30.7 Å². The predicted octanol–water partition coefficient (Wildman–Crippen LogP) is 7.19. The van der Waals surface area contributed by atoms with Crippen LogP contribution in [0.5, 0.6) is 5.88 Å². The Balaban J connectivity index is 1.51. The molecule has 1 aliphatic carbocycles. The molecule has 210 valence electrons. The van der Waals surface area contributed by atoms with Crippen molar-refractivity contribution in [2.45, 2.75) is 58.4 Å². The van der Waals surface area contributed by atoms with Gasteiger partial charge in [-0.3, -0.25) is 4.79 Å². The maximum atomic E-state index is 13.5. The number of carbonyl (C=O) groups excluding carboxylic acids is 1. The Kier molecular flexibility index (Phi) is 8.72. The van der Waals surface area contributed by atoms with E-state index in [4.69, 9.17) is 25.8 Å². The highest BCUT2D eigenvalue weighted by Gasteiger charge is 2.35. The number of alkyl halides is 3. The third-order valence-electron chi connectivity index (χ3n) is 6.22. The molecule has 4 rings (SSSR count). The van der Waals surface area contributed by atoms with E-state index in [0.29, 0.717) is 18.1 Å². The number of carbonyl (C=O) groups is 1. The number of pyridine rings is 1. The number of nitrogens with zero attached hydrogens (tertiary/aromatic N) is 3. The molecule has 0 bridgehead atoms. The van der Waals surface area contributed by atoms with Crippen molar-refractivity contribution >= 4 is 25.6 Å². The van der Waals surface area contributed by atoms with Crippen LogP contribution in [0.1, 0.15) is 24.1 Å². The number of benzene rings is 1. The van der Waals surface area contributed by atoms with Crippen molar-refractivity contribution in [2.75, 3.05) is 13.4 Å². The van der Waals surface area contributed by atoms with Gasteiger partial charge in [0.05, 0.1) is 10.9 Å². The number of imidazole rings is 1. The molecule has 7 nitrogen and oxygen atoms in total. The van der Waals surface area contributed by atoms with Gasteiger partial charge in [-0.2, -0.15) is 13.2 Å². The van der Waals surface area contributed by atoms with Crippen LogP contribution in [0.15, 0.2) is 36.7 Å². The Morgan fingerprint density at radius 3 is 2.54 bits per heavy atom. The Labute approximate surface area is 231 Å². The summed E-state index contributed by atoms with van der Waals surface area (Å²) in [7, 11) is -1.35. The molecule has 0 N–H and O–H groups in total. The van der Waals surface area contributed by atoms with Crippen molar-refractivity contribution in [1.29, 1.82) is 0 Å². The number of halogens is 4. The molecular formula is C27H31ClF3N3O4Si. The van der Waals surface area contributed by atoms with Gasteiger partial charge in [-0.15, -0.1) is 0 Å². The highest BCUT2D eigenvalue weighted by molar-refractivity contribution is 6.76. The molecular weight excluding hydrogens is 551 g/mol. The molecule has 0 atom stereocenters. The molecule has 0 radical (unpaired) electrons. The Hall–Kier alpha value is -2.89. The molecule has 0 spiro atoms. The first-order valence-corrected chi connectivity index (χ1v) is 16.7. The zero-order chi connectivity index (χ0) is 28.4. The lowest BCUT2D eigenvalue weighted by Crippen LogP contribution is -2.22. The van der Waals surface area contributed by atoms with Gasteiger partial charge in [-0.25, -0.2) is 9.97 Å². The number of esters is 1. The molecule has 3 aromatic rings. The quantitative estimate of drug-likeness (QED) is 0.103. The minimum atomic E-state index is -4.60. The Morgan fingerprint density at radius 1 is 1.18 bits per heavy atom. The largest absolute Gasteiger partial charge is 0.440 e. The average molecular weight is 582 g/mol. The van der Waals surface area contributed by atoms with Crippen LogP contribution < -0.4 is 4.74 Å². The zero-order valence-electron chi connectivity index (χ0n) is 22.3. The Morgan fingerprint density at radius 2 is 1.92 bits per heavy atom. The molecule has 0 aliphatic heterocycles. The second kappa shape index (κ2) is 11.7. The molecule has 1 fully saturated rings. The second-order valence-electron chi connectivity index (χ2n) is 10.8. The van der Waals surface area contributed by atoms with E-state index in [-0.39, 0.29) is 36.3 Å². The van der Waals surface area contributed by atoms with Crippen LogP contribution in [0.4, 0.5) is 13.2 Å². The lowest BCUT2D eigenvalue weighted by atomic mass is 10.0. The highest BCUT2D eigenvalue weighted by Crippen LogP contribution is 2.36. The van der Waals surface area contributed by atoms with Crippen molar-refractivity contribution in [3.05, 3.63) is 52.9 Å². The van der Waals surface area contributed by atoms with E-state index in [9.17, 15) is 18.0 Å². The van der Waals surface area contributed by atoms with Gasteiger partial charge in [0.2, 0.25) is 12.7 Å². The summed E-state index contributed by atoms with van der Waals surface area (Å²) in [6.07, 6.45) is -0.349. The van der Waals surface area contributed by atoms with Gasteiger partial charge in [0.1, 0.15) is 12.6 Å². The van der Waals surface area contributed by atoms with Gasteiger partial charge in [-0.1, -0.05) is 37.3 Å². The molecule has 0 amide bonds. The fourth-order valence-electron chi connectivity index (χ4n) is 3.77. The van der Waals surface area contributed by atoms with E-state index in [0.717, 1.165) is 41.8 Å². The van der Waals surface area contributed by atoms with Crippen LogP contribution in [0.3, 0.4) is 0 Å². The normalized spacial score (nSPS) is 13.9. The summed E-state index contributed by atoms with van der Waals surface area (Å²) >= 11 is 6.58. The fourth-order valence-corrected chi connectivity index (χ4v) is 4.79. The molecule has 2 heterocycles. The molecule has 0 saturated heterocycles. The lowest BCUT2D eigenvalue weighted by Gasteiger charge is -2.16. The lowest BCUT2D eigenvalue weighted by molar-refractivity contribution is -0.151. The molecule has 1 saturated carbocycles. The van der Waals surface area contributed by atoms with Crippen molar-refractivity contribution in [3.8, 4) is 28.4 Å². The number of aryl methyl sites for hydroxylation is 1. The second-order valence-corrected chi connectivity index (χ2v) is 16.8. The van der Waals surface area contributed by atoms with E-state index in [1.807, 2.05) is 6.92 Å². The molecule has 2 aromatic heterocycles. The summed E-state index contributed by atoms with van der Waals surface area (Å²) in [5.74, 6) is 0.0998. The third kappa shape index (κ3) is 7.83. The van der Waals surface area contributed by atoms with Crippen LogP contribution in [0, 0.1) is 12.8 Å². The number of ether oxygens (including phenoxy) is 3. The van der Waals surface area contributed by atoms with E-state index >= 15 is 0 Å². The summed E-state index contributed by atoms with van der Waals surface area (Å²) < 4.78 is 58.0. The molecule has 0 unspecified atom stereocenters. The maximum Gasteiger partial charge on any atom is 0.434 e. The first kappa shape index (κ1) is 29.1. The minimum absolute atomic E-state index is 0.0148. The minimum Gasteiger partial charge on any atom is -0.440 e. The molecule has 1 aromatic carbocycles. The van der Waals surface area contributed by atoms with Crippen molar-refractivity contribution in [3.63, 3.8) is 0 Å². The van der Waals surface area contributed by atoms with Crippen LogP contribution in [0.25, 0.3) is 22.5 Å². The predicted molar refractivity (Wildman–Crippen MR) is 144 cm³/mol. The summed E-state index contributed by atoms with van der Waals surface area (Å²) in [6.45, 7) is 8.64. The SMILES string of the molecule is Cc1cc(OCOC(=O)C2CC2)ncc1-c1ccc(-c2nc(C(F)(F)F)cn2COCC[Si](C)(C)C)c(Cl)c1. The van der Waals surface area contributed by atoms with E-state index < -0.39 is 19.9 Å². The molecule has 39 heavy (non-hydrogen) atoms. The maximum absolute atomic E-state index is 13.5. The molecule has 1 aliphatic rings. The van der Waals surface area contributed by atoms with Crippen LogP contribution >= 0.6 is 11.6 Å². The number of rotatable bonds is 11. The smallest absolute Gasteiger partial charge is 0.434 e. The van der Waals surface area contributed by atoms with Gasteiger partial charge >= 0.3 is 12.1 Å². The van der Waals surface area contributed by atoms with Gasteiger partial charge in [0, 0.05) is 44.3 Å². The van der Waals surface area contributed by atoms with Crippen LogP contribution in [-0.4, -0.2) is 42.0 Å². The van der Waals surface area contributed by atoms with Crippen molar-refractivity contribution in [2.24, 2.45) is 5.92 Å². The van der Waals surface area contributed by atoms with Gasteiger partial charge < -0.3 is 18.8 Å². The van der Waals surface area contributed by atoms with Crippen LogP contribution in [-0.2, 0) is 27.2 Å². The number of hydrogen-bond acceptors (Lipinski definition) is 6. The number of hydrogen-bond donors (Lipinski definition) is 0. The fraction of sp³-hybridized carbons (Fsp3) is 0.444. The average Bonchev–Trinajstić information content (AvgIpc) is 3.60. The summed E-state index contributed by atoms with van der Waals surface area (Å²) in [5.41, 5.74) is 1.66. The van der Waals surface area contributed by atoms with Gasteiger partial charge in [-0.05, 0) is 49.1 Å². The first-order valence-electron chi connectivity index (χ1n) is 12.6. The van der Waals surface area contributed by atoms with Gasteiger partial charge in [0.25, 0.3) is 0 Å². The first-order chi connectivity index (χ1) is 18.3. The Bertz CT molecular complexity index is 1340. The van der Waals surface area contributed by atoms with E-state index in [1.54, 1.807) is 30.5 Å². The highest BCUT2D eigenvalue weighted by atomic mass is 35.5. The topological polar surface area (TPSA) is 75.5 Å². The van der Waals surface area contributed by atoms with Gasteiger partial charge in [0.15, 0.2) is 5.69 Å². The van der Waals surface area contributed by atoms with Crippen molar-refractivity contribution in [1.82, 2.24) is 14.5 Å². The summed E-state index contributed by atoms with van der Waals surface area (Å²) in [4.78, 5) is 19.8.